The number of aryl methyl sites for hydroxylation is 1. The Morgan fingerprint density at radius 1 is 0.750 bits per heavy atom. The second-order valence-corrected chi connectivity index (χ2v) is 12.9. The van der Waals surface area contributed by atoms with E-state index in [2.05, 4.69) is 15.8 Å². The summed E-state index contributed by atoms with van der Waals surface area (Å²) in [7, 11) is 1.59. The normalized spacial score (nSPS) is 16.3. The zero-order valence-corrected chi connectivity index (χ0v) is 29.4. The number of nitrogens with one attached hydrogen (secondary N) is 2. The highest BCUT2D eigenvalue weighted by Crippen LogP contribution is 2.36. The molecule has 0 bridgehead atoms. The van der Waals surface area contributed by atoms with Crippen LogP contribution in [-0.2, 0) is 31.3 Å². The van der Waals surface area contributed by atoms with Gasteiger partial charge in [-0.1, -0.05) is 28.9 Å². The number of rotatable bonds is 16. The molecule has 12 heteroatoms. The Bertz CT molecular complexity index is 1900. The Kier molecular flexibility index (Phi) is 11.9. The van der Waals surface area contributed by atoms with Crippen LogP contribution in [0.2, 0.25) is 0 Å². The Hall–Kier alpha value is -5.14. The maximum Gasteiger partial charge on any atom is 0.255 e. The lowest BCUT2D eigenvalue weighted by Gasteiger charge is -2.29. The molecule has 1 amide bonds. The third kappa shape index (κ3) is 8.16. The molecule has 12 nitrogen and oxygen atoms in total. The van der Waals surface area contributed by atoms with Crippen molar-refractivity contribution in [2.75, 3.05) is 25.6 Å². The fourth-order valence-electron chi connectivity index (χ4n) is 6.51. The van der Waals surface area contributed by atoms with Gasteiger partial charge in [-0.15, -0.1) is 0 Å². The molecule has 0 saturated heterocycles. The Morgan fingerprint density at radius 2 is 1.44 bits per heavy atom. The lowest BCUT2D eigenvalue weighted by molar-refractivity contribution is 0.0854. The average Bonchev–Trinajstić information content (AvgIpc) is 3.67. The van der Waals surface area contributed by atoms with E-state index in [1.54, 1.807) is 19.2 Å². The number of amides is 1. The van der Waals surface area contributed by atoms with Crippen LogP contribution in [0.1, 0.15) is 92.8 Å². The second-order valence-electron chi connectivity index (χ2n) is 12.9. The van der Waals surface area contributed by atoms with Crippen LogP contribution in [0.4, 0.5) is 5.69 Å². The molecule has 0 aliphatic carbocycles. The smallest absolute Gasteiger partial charge is 0.255 e. The summed E-state index contributed by atoms with van der Waals surface area (Å²) in [5.41, 5.74) is 7.72. The first kappa shape index (κ1) is 36.6. The first-order valence-corrected chi connectivity index (χ1v) is 17.4. The Morgan fingerprint density at radius 3 is 2.13 bits per heavy atom. The number of benzene rings is 4. The zero-order valence-electron chi connectivity index (χ0n) is 29.4. The summed E-state index contributed by atoms with van der Waals surface area (Å²) in [5.74, 6) is 1.66. The first-order valence-electron chi connectivity index (χ1n) is 17.4. The lowest BCUT2D eigenvalue weighted by Crippen LogP contribution is -2.38. The summed E-state index contributed by atoms with van der Waals surface area (Å²) in [4.78, 5) is 18.5. The summed E-state index contributed by atoms with van der Waals surface area (Å²) in [6.45, 7) is 1.88. The summed E-state index contributed by atoms with van der Waals surface area (Å²) in [6, 6.07) is 20.5. The van der Waals surface area contributed by atoms with Crippen molar-refractivity contribution in [3.63, 3.8) is 0 Å². The topological polar surface area (TPSA) is 171 Å². The van der Waals surface area contributed by atoms with Gasteiger partial charge in [-0.3, -0.25) is 4.79 Å². The largest absolute Gasteiger partial charge is 0.493 e. The molecule has 6 rings (SSSR count). The second kappa shape index (κ2) is 16.9. The highest BCUT2D eigenvalue weighted by molar-refractivity contribution is 6.02. The molecular formula is C40H45N3O9. The van der Waals surface area contributed by atoms with Crippen LogP contribution in [-0.4, -0.2) is 52.4 Å². The van der Waals surface area contributed by atoms with E-state index in [1.165, 1.54) is 0 Å². The number of unbranched alkanes of at least 4 members (excludes halogenated alkanes) is 2. The fourth-order valence-corrected chi connectivity index (χ4v) is 6.51. The van der Waals surface area contributed by atoms with Gasteiger partial charge in [0, 0.05) is 23.2 Å². The van der Waals surface area contributed by atoms with Crippen LogP contribution in [0.25, 0.3) is 0 Å². The third-order valence-electron chi connectivity index (χ3n) is 9.38. The molecular weight excluding hydrogens is 666 g/mol. The van der Waals surface area contributed by atoms with E-state index < -0.39 is 6.17 Å². The predicted octanol–water partition coefficient (Wildman–Crippen LogP) is 5.32. The SMILES string of the molecule is COc1ccc(C2CC(c3cc(CO)c(CO)c(CO)c3)=NO2)cc1OCCCCCOc1ccc(C2NC(=O)c3cc(C)ccc3N2)cc1CO. The fraction of sp³-hybridized carbons (Fsp3) is 0.350. The van der Waals surface area contributed by atoms with Crippen molar-refractivity contribution in [1.82, 2.24) is 5.32 Å². The molecule has 52 heavy (non-hydrogen) atoms. The van der Waals surface area contributed by atoms with Gasteiger partial charge in [0.1, 0.15) is 11.9 Å². The van der Waals surface area contributed by atoms with Crippen LogP contribution < -0.4 is 24.8 Å². The van der Waals surface area contributed by atoms with E-state index in [4.69, 9.17) is 19.0 Å². The van der Waals surface area contributed by atoms with Gasteiger partial charge in [-0.25, -0.2) is 0 Å². The summed E-state index contributed by atoms with van der Waals surface area (Å²) < 4.78 is 17.7. The summed E-state index contributed by atoms with van der Waals surface area (Å²) in [6.07, 6.45) is 2.13. The molecule has 0 fully saturated rings. The highest BCUT2D eigenvalue weighted by atomic mass is 16.6. The molecule has 4 aromatic carbocycles. The van der Waals surface area contributed by atoms with Crippen molar-refractivity contribution < 1.29 is 44.3 Å². The molecule has 274 valence electrons. The molecule has 2 aliphatic rings. The maximum atomic E-state index is 12.7. The van der Waals surface area contributed by atoms with Crippen molar-refractivity contribution in [2.24, 2.45) is 5.16 Å². The molecule has 0 radical (unpaired) electrons. The number of ether oxygens (including phenoxy) is 3. The number of aliphatic hydroxyl groups excluding tert-OH is 4. The molecule has 2 atom stereocenters. The summed E-state index contributed by atoms with van der Waals surface area (Å²) >= 11 is 0. The van der Waals surface area contributed by atoms with Crippen LogP contribution in [0, 0.1) is 6.92 Å². The standard InChI is InChI=1S/C40H45N3O9/c1-24-6-9-33-31(14-24)40(48)42-39(41-33)26-8-10-35(30(15-26)22-46)50-12-4-3-5-13-51-38-18-25(7-11-36(38)49-2)37-19-34(43-52-37)27-16-28(20-44)32(23-47)29(17-27)21-45/h6-11,14-18,37,39,41,44-47H,3-5,12-13,19-23H2,1-2H3,(H,42,48). The number of oxime groups is 1. The van der Waals surface area contributed by atoms with Crippen LogP contribution in [0.15, 0.2) is 71.9 Å². The van der Waals surface area contributed by atoms with Gasteiger partial charge in [-0.2, -0.15) is 0 Å². The van der Waals surface area contributed by atoms with E-state index in [-0.39, 0.29) is 38.4 Å². The predicted molar refractivity (Wildman–Crippen MR) is 194 cm³/mol. The molecule has 2 unspecified atom stereocenters. The van der Waals surface area contributed by atoms with E-state index in [1.807, 2.05) is 61.5 Å². The molecule has 4 aromatic rings. The van der Waals surface area contributed by atoms with E-state index in [0.717, 1.165) is 47.2 Å². The van der Waals surface area contributed by atoms with Crippen molar-refractivity contribution in [2.45, 2.75) is 71.3 Å². The van der Waals surface area contributed by atoms with Crippen molar-refractivity contribution in [3.8, 4) is 17.2 Å². The van der Waals surface area contributed by atoms with Gasteiger partial charge in [0.05, 0.1) is 58.0 Å². The van der Waals surface area contributed by atoms with E-state index in [0.29, 0.717) is 70.4 Å². The first-order chi connectivity index (χ1) is 25.3. The molecule has 2 heterocycles. The number of carbonyl (C=O) groups is 1. The number of carbonyl (C=O) groups excluding carboxylic acids is 1. The van der Waals surface area contributed by atoms with Gasteiger partial charge in [0.15, 0.2) is 17.6 Å². The van der Waals surface area contributed by atoms with Gasteiger partial charge in [0.25, 0.3) is 5.91 Å². The molecule has 0 saturated carbocycles. The monoisotopic (exact) mass is 711 g/mol. The third-order valence-corrected chi connectivity index (χ3v) is 9.38. The highest BCUT2D eigenvalue weighted by Gasteiger charge is 2.27. The van der Waals surface area contributed by atoms with Gasteiger partial charge in [-0.05, 0) is 103 Å². The van der Waals surface area contributed by atoms with Crippen molar-refractivity contribution >= 4 is 17.3 Å². The zero-order chi connectivity index (χ0) is 36.6. The number of aliphatic hydroxyl groups is 4. The van der Waals surface area contributed by atoms with Crippen molar-refractivity contribution in [3.05, 3.63) is 117 Å². The molecule has 0 spiro atoms. The van der Waals surface area contributed by atoms with Crippen LogP contribution >= 0.6 is 0 Å². The molecule has 2 aliphatic heterocycles. The number of methoxy groups -OCH3 is 1. The average molecular weight is 712 g/mol. The van der Waals surface area contributed by atoms with Crippen LogP contribution in [0.5, 0.6) is 17.2 Å². The number of hydrogen-bond donors (Lipinski definition) is 6. The minimum absolute atomic E-state index is 0.144. The Labute approximate surface area is 302 Å². The van der Waals surface area contributed by atoms with Gasteiger partial charge in [0.2, 0.25) is 0 Å². The minimum atomic E-state index is -0.421. The number of hydrogen-bond acceptors (Lipinski definition) is 11. The van der Waals surface area contributed by atoms with Crippen molar-refractivity contribution in [1.29, 1.82) is 0 Å². The number of fused-ring (bicyclic) bond motifs is 1. The van der Waals surface area contributed by atoms with Gasteiger partial charge >= 0.3 is 0 Å². The van der Waals surface area contributed by atoms with Crippen LogP contribution in [0.3, 0.4) is 0 Å². The minimum Gasteiger partial charge on any atom is -0.493 e. The molecule has 6 N–H and O–H groups in total. The molecule has 0 aromatic heterocycles. The lowest BCUT2D eigenvalue weighted by atomic mass is 9.94. The quantitative estimate of drug-likeness (QED) is 0.0836. The Balaban J connectivity index is 0.976. The van der Waals surface area contributed by atoms with E-state index in [9.17, 15) is 25.2 Å². The number of anilines is 1. The number of nitrogens with zero attached hydrogens (tertiary/aromatic N) is 1. The van der Waals surface area contributed by atoms with Gasteiger partial charge < -0.3 is 50.1 Å². The van der Waals surface area contributed by atoms with E-state index >= 15 is 0 Å². The maximum absolute atomic E-state index is 12.7. The summed E-state index contributed by atoms with van der Waals surface area (Å²) in [5, 5.41) is 50.0.